The maximum Gasteiger partial charge on any atom is 0.226 e. The average Bonchev–Trinajstić information content (AvgIpc) is 3.48. The Kier molecular flexibility index (Phi) is 6.72. The number of amides is 1. The van der Waals surface area contributed by atoms with Crippen LogP contribution in [0.3, 0.4) is 0 Å². The van der Waals surface area contributed by atoms with Crippen molar-refractivity contribution in [2.75, 3.05) is 32.1 Å². The first kappa shape index (κ1) is 20.2. The van der Waals surface area contributed by atoms with Crippen molar-refractivity contribution < 1.29 is 13.9 Å². The highest BCUT2D eigenvalue weighted by Crippen LogP contribution is 2.26. The van der Waals surface area contributed by atoms with E-state index in [1.165, 1.54) is 12.8 Å². The predicted octanol–water partition coefficient (Wildman–Crippen LogP) is 3.94. The quantitative estimate of drug-likeness (QED) is 0.457. The first-order valence-corrected chi connectivity index (χ1v) is 11.0. The Bertz CT molecular complexity index is 802. The van der Waals surface area contributed by atoms with Crippen molar-refractivity contribution in [2.24, 2.45) is 0 Å². The van der Waals surface area contributed by atoms with Gasteiger partial charge in [0.15, 0.2) is 0 Å². The average molecular weight is 418 g/mol. The number of nitrogens with zero attached hydrogens (tertiary/aromatic N) is 3. The third-order valence-corrected chi connectivity index (χ3v) is 5.92. The Morgan fingerprint density at radius 2 is 2.00 bits per heavy atom. The molecule has 0 saturated carbocycles. The zero-order valence-corrected chi connectivity index (χ0v) is 17.4. The molecule has 2 saturated heterocycles. The molecule has 0 radical (unpaired) electrons. The van der Waals surface area contributed by atoms with Crippen LogP contribution in [0.1, 0.15) is 37.8 Å². The van der Waals surface area contributed by atoms with E-state index < -0.39 is 0 Å². The molecule has 3 heterocycles. The van der Waals surface area contributed by atoms with Gasteiger partial charge < -0.3 is 19.0 Å². The number of aromatic nitrogens is 1. The molecule has 0 N–H and O–H groups in total. The predicted molar refractivity (Wildman–Crippen MR) is 112 cm³/mol. The number of ether oxygens (including phenoxy) is 1. The minimum absolute atomic E-state index is 0.220. The fourth-order valence-electron chi connectivity index (χ4n) is 4.09. The Hall–Kier alpha value is -2.05. The molecule has 156 valence electrons. The van der Waals surface area contributed by atoms with Gasteiger partial charge in [0.1, 0.15) is 12.0 Å². The van der Waals surface area contributed by atoms with Crippen LogP contribution in [0.4, 0.5) is 0 Å². The third kappa shape index (κ3) is 5.11. The van der Waals surface area contributed by atoms with Gasteiger partial charge in [-0.05, 0) is 63.0 Å². The van der Waals surface area contributed by atoms with Crippen molar-refractivity contribution in [2.45, 2.75) is 44.7 Å². The summed E-state index contributed by atoms with van der Waals surface area (Å²) >= 11 is 5.67. The van der Waals surface area contributed by atoms with Crippen molar-refractivity contribution in [3.63, 3.8) is 0 Å². The molecule has 1 aromatic carbocycles. The van der Waals surface area contributed by atoms with Gasteiger partial charge in [-0.1, -0.05) is 0 Å². The molecule has 1 atom stereocenters. The molecule has 29 heavy (non-hydrogen) atoms. The second-order valence-electron chi connectivity index (χ2n) is 7.78. The number of alkyl halides is 1. The molecule has 0 bridgehead atoms. The molecule has 1 aromatic heterocycles. The van der Waals surface area contributed by atoms with E-state index in [0.717, 1.165) is 49.5 Å². The molecule has 2 aliphatic heterocycles. The first-order chi connectivity index (χ1) is 14.2. The second-order valence-corrected chi connectivity index (χ2v) is 8.16. The molecule has 2 aliphatic rings. The highest BCUT2D eigenvalue weighted by molar-refractivity contribution is 6.17. The van der Waals surface area contributed by atoms with E-state index in [0.29, 0.717) is 31.3 Å². The standard InChI is InChI=1S/C22H28ClN3O3/c23-10-3-13-28-20-7-4-17(5-8-20)22-24-18(16-29-22)14-26-19(6-9-21(26)27)15-25-11-1-2-12-25/h4-5,7-8,16,19H,1-3,6,9-15H2/t19-/m0/s1. The van der Waals surface area contributed by atoms with Gasteiger partial charge in [-0.15, -0.1) is 11.6 Å². The number of oxazole rings is 1. The lowest BCUT2D eigenvalue weighted by Gasteiger charge is -2.27. The van der Waals surface area contributed by atoms with Crippen LogP contribution in [0.5, 0.6) is 5.75 Å². The zero-order valence-electron chi connectivity index (χ0n) is 16.7. The number of likely N-dealkylation sites (tertiary alicyclic amines) is 2. The maximum absolute atomic E-state index is 12.4. The summed E-state index contributed by atoms with van der Waals surface area (Å²) in [5, 5.41) is 0. The molecular formula is C22H28ClN3O3. The molecule has 4 rings (SSSR count). The van der Waals surface area contributed by atoms with Gasteiger partial charge in [0.2, 0.25) is 11.8 Å². The van der Waals surface area contributed by atoms with Crippen molar-refractivity contribution in [1.82, 2.24) is 14.8 Å². The molecule has 7 heteroatoms. The van der Waals surface area contributed by atoms with E-state index >= 15 is 0 Å². The van der Waals surface area contributed by atoms with Crippen LogP contribution in [0, 0.1) is 0 Å². The number of rotatable bonds is 9. The number of hydrogen-bond acceptors (Lipinski definition) is 5. The number of carbonyl (C=O) groups excluding carboxylic acids is 1. The largest absolute Gasteiger partial charge is 0.494 e. The SMILES string of the molecule is O=C1CC[C@@H](CN2CCCC2)N1Cc1coc(-c2ccc(OCCCCl)cc2)n1. The molecule has 2 fully saturated rings. The van der Waals surface area contributed by atoms with Crippen LogP contribution >= 0.6 is 11.6 Å². The molecule has 1 amide bonds. The van der Waals surface area contributed by atoms with Crippen LogP contribution in [0.25, 0.3) is 11.5 Å². The summed E-state index contributed by atoms with van der Waals surface area (Å²) in [5.41, 5.74) is 1.69. The van der Waals surface area contributed by atoms with E-state index in [9.17, 15) is 4.79 Å². The van der Waals surface area contributed by atoms with Gasteiger partial charge in [-0.25, -0.2) is 4.98 Å². The lowest BCUT2D eigenvalue weighted by molar-refractivity contribution is -0.129. The summed E-state index contributed by atoms with van der Waals surface area (Å²) in [4.78, 5) is 21.5. The molecule has 0 spiro atoms. The van der Waals surface area contributed by atoms with E-state index in [-0.39, 0.29) is 11.9 Å². The minimum atomic E-state index is 0.220. The number of halogens is 1. The van der Waals surface area contributed by atoms with E-state index in [1.807, 2.05) is 29.2 Å². The van der Waals surface area contributed by atoms with Crippen molar-refractivity contribution in [3.05, 3.63) is 36.2 Å². The number of hydrogen-bond donors (Lipinski definition) is 0. The lowest BCUT2D eigenvalue weighted by Crippen LogP contribution is -2.40. The summed E-state index contributed by atoms with van der Waals surface area (Å²) < 4.78 is 11.3. The minimum Gasteiger partial charge on any atom is -0.494 e. The van der Waals surface area contributed by atoms with Gasteiger partial charge in [0.25, 0.3) is 0 Å². The van der Waals surface area contributed by atoms with E-state index in [1.54, 1.807) is 6.26 Å². The number of carbonyl (C=O) groups is 1. The number of benzene rings is 1. The van der Waals surface area contributed by atoms with Crippen LogP contribution in [0.15, 0.2) is 34.9 Å². The highest BCUT2D eigenvalue weighted by atomic mass is 35.5. The fourth-order valence-corrected chi connectivity index (χ4v) is 4.20. The fraction of sp³-hybridized carbons (Fsp3) is 0.545. The summed E-state index contributed by atoms with van der Waals surface area (Å²) in [7, 11) is 0. The van der Waals surface area contributed by atoms with Gasteiger partial charge in [0, 0.05) is 30.5 Å². The summed E-state index contributed by atoms with van der Waals surface area (Å²) in [6.45, 7) is 4.40. The highest BCUT2D eigenvalue weighted by Gasteiger charge is 2.33. The Balaban J connectivity index is 1.37. The third-order valence-electron chi connectivity index (χ3n) is 5.65. The van der Waals surface area contributed by atoms with Crippen molar-refractivity contribution >= 4 is 17.5 Å². The summed E-state index contributed by atoms with van der Waals surface area (Å²) in [6, 6.07) is 7.96. The van der Waals surface area contributed by atoms with Gasteiger partial charge >= 0.3 is 0 Å². The Morgan fingerprint density at radius 3 is 2.76 bits per heavy atom. The maximum atomic E-state index is 12.4. The monoisotopic (exact) mass is 417 g/mol. The normalized spacial score (nSPS) is 20.0. The van der Waals surface area contributed by atoms with E-state index in [2.05, 4.69) is 9.88 Å². The van der Waals surface area contributed by atoms with Crippen molar-refractivity contribution in [1.29, 1.82) is 0 Å². The van der Waals surface area contributed by atoms with Crippen LogP contribution in [0.2, 0.25) is 0 Å². The van der Waals surface area contributed by atoms with Gasteiger partial charge in [0.05, 0.1) is 18.8 Å². The van der Waals surface area contributed by atoms with Crippen LogP contribution in [-0.2, 0) is 11.3 Å². The summed E-state index contributed by atoms with van der Waals surface area (Å²) in [6.07, 6.45) is 6.59. The van der Waals surface area contributed by atoms with Crippen LogP contribution < -0.4 is 4.74 Å². The Labute approximate surface area is 176 Å². The first-order valence-electron chi connectivity index (χ1n) is 10.5. The smallest absolute Gasteiger partial charge is 0.226 e. The summed E-state index contributed by atoms with van der Waals surface area (Å²) in [5.74, 6) is 2.18. The van der Waals surface area contributed by atoms with Crippen molar-refractivity contribution in [3.8, 4) is 17.2 Å². The molecule has 2 aromatic rings. The second kappa shape index (κ2) is 9.63. The van der Waals surface area contributed by atoms with Gasteiger partial charge in [-0.3, -0.25) is 4.79 Å². The molecule has 0 unspecified atom stereocenters. The molecular weight excluding hydrogens is 390 g/mol. The topological polar surface area (TPSA) is 58.8 Å². The Morgan fingerprint density at radius 1 is 1.21 bits per heavy atom. The molecule has 0 aliphatic carbocycles. The van der Waals surface area contributed by atoms with Crippen LogP contribution in [-0.4, -0.2) is 58.9 Å². The van der Waals surface area contributed by atoms with Gasteiger partial charge in [-0.2, -0.15) is 0 Å². The lowest BCUT2D eigenvalue weighted by atomic mass is 10.2. The zero-order chi connectivity index (χ0) is 20.1. The molecule has 6 nitrogen and oxygen atoms in total. The van der Waals surface area contributed by atoms with E-state index in [4.69, 9.17) is 20.8 Å².